The van der Waals surface area contributed by atoms with Gasteiger partial charge in [-0.05, 0) is 55.7 Å². The SMILES string of the molecule is Cc1ccc(S(=O)(=O)OCCCCCC2CCN(C(=O)c3cccs3)C2)cc1. The first-order valence-corrected chi connectivity index (χ1v) is 12.0. The van der Waals surface area contributed by atoms with Crippen LogP contribution < -0.4 is 0 Å². The van der Waals surface area contributed by atoms with Crippen LogP contribution >= 0.6 is 11.3 Å². The lowest BCUT2D eigenvalue weighted by molar-refractivity contribution is 0.0791. The first-order valence-electron chi connectivity index (χ1n) is 9.74. The van der Waals surface area contributed by atoms with Crippen molar-refractivity contribution in [3.63, 3.8) is 0 Å². The molecule has 0 radical (unpaired) electrons. The van der Waals surface area contributed by atoms with Gasteiger partial charge in [0.15, 0.2) is 0 Å². The molecule has 0 saturated carbocycles. The first-order chi connectivity index (χ1) is 13.5. The molecule has 0 N–H and O–H groups in total. The Bertz CT molecular complexity index is 860. The second-order valence-electron chi connectivity index (χ2n) is 7.32. The first kappa shape index (κ1) is 21.0. The molecule has 1 aromatic heterocycles. The molecule has 152 valence electrons. The Kier molecular flexibility index (Phi) is 7.26. The molecular formula is C21H27NO4S2. The van der Waals surface area contributed by atoms with Crippen LogP contribution in [0.4, 0.5) is 0 Å². The van der Waals surface area contributed by atoms with Crippen molar-refractivity contribution in [2.45, 2.75) is 43.9 Å². The zero-order valence-corrected chi connectivity index (χ0v) is 17.8. The van der Waals surface area contributed by atoms with E-state index in [9.17, 15) is 13.2 Å². The number of rotatable bonds is 9. The predicted octanol–water partition coefficient (Wildman–Crippen LogP) is 4.48. The predicted molar refractivity (Wildman–Crippen MR) is 111 cm³/mol. The molecule has 0 aliphatic carbocycles. The van der Waals surface area contributed by atoms with E-state index >= 15 is 0 Å². The topological polar surface area (TPSA) is 63.7 Å². The van der Waals surface area contributed by atoms with Gasteiger partial charge in [-0.1, -0.05) is 36.6 Å². The minimum atomic E-state index is -3.66. The van der Waals surface area contributed by atoms with Crippen molar-refractivity contribution in [3.8, 4) is 0 Å². The summed E-state index contributed by atoms with van der Waals surface area (Å²) >= 11 is 1.49. The van der Waals surface area contributed by atoms with E-state index in [2.05, 4.69) is 0 Å². The Morgan fingerprint density at radius 3 is 2.68 bits per heavy atom. The van der Waals surface area contributed by atoms with Crippen LogP contribution in [-0.4, -0.2) is 38.9 Å². The van der Waals surface area contributed by atoms with Gasteiger partial charge in [0.25, 0.3) is 16.0 Å². The average Bonchev–Trinajstić information content (AvgIpc) is 3.36. The Morgan fingerprint density at radius 2 is 1.96 bits per heavy atom. The Labute approximate surface area is 171 Å². The normalized spacial score (nSPS) is 17.2. The van der Waals surface area contributed by atoms with Gasteiger partial charge in [0, 0.05) is 13.1 Å². The van der Waals surface area contributed by atoms with Crippen LogP contribution in [0.25, 0.3) is 0 Å². The number of nitrogens with zero attached hydrogens (tertiary/aromatic N) is 1. The number of hydrogen-bond acceptors (Lipinski definition) is 5. The number of carbonyl (C=O) groups is 1. The zero-order chi connectivity index (χ0) is 20.0. The third-order valence-electron chi connectivity index (χ3n) is 5.11. The minimum absolute atomic E-state index is 0.146. The van der Waals surface area contributed by atoms with Gasteiger partial charge < -0.3 is 4.90 Å². The maximum absolute atomic E-state index is 12.4. The molecule has 1 aliphatic rings. The van der Waals surface area contributed by atoms with Crippen molar-refractivity contribution in [3.05, 3.63) is 52.2 Å². The van der Waals surface area contributed by atoms with Gasteiger partial charge in [-0.2, -0.15) is 8.42 Å². The Balaban J connectivity index is 1.31. The van der Waals surface area contributed by atoms with E-state index in [1.165, 1.54) is 11.3 Å². The molecule has 2 heterocycles. The van der Waals surface area contributed by atoms with Crippen molar-refractivity contribution in [1.82, 2.24) is 4.90 Å². The standard InChI is InChI=1S/C21H27NO4S2/c1-17-8-10-19(11-9-17)28(24,25)26-14-4-2-3-6-18-12-13-22(16-18)21(23)20-7-5-15-27-20/h5,7-11,15,18H,2-4,6,12-14,16H2,1H3. The van der Waals surface area contributed by atoms with E-state index in [1.807, 2.05) is 29.3 Å². The molecule has 1 saturated heterocycles. The van der Waals surface area contributed by atoms with Gasteiger partial charge in [-0.25, -0.2) is 0 Å². The lowest BCUT2D eigenvalue weighted by Gasteiger charge is -2.15. The molecule has 1 unspecified atom stereocenters. The monoisotopic (exact) mass is 421 g/mol. The van der Waals surface area contributed by atoms with E-state index in [0.29, 0.717) is 5.92 Å². The number of amides is 1. The van der Waals surface area contributed by atoms with Crippen LogP contribution in [0.3, 0.4) is 0 Å². The summed E-state index contributed by atoms with van der Waals surface area (Å²) in [5, 5.41) is 1.93. The summed E-state index contributed by atoms with van der Waals surface area (Å²) in [4.78, 5) is 15.3. The van der Waals surface area contributed by atoms with E-state index < -0.39 is 10.1 Å². The maximum Gasteiger partial charge on any atom is 0.296 e. The van der Waals surface area contributed by atoms with Gasteiger partial charge in [0.05, 0.1) is 16.4 Å². The summed E-state index contributed by atoms with van der Waals surface area (Å²) in [5.74, 6) is 0.688. The van der Waals surface area contributed by atoms with E-state index in [0.717, 1.165) is 55.6 Å². The van der Waals surface area contributed by atoms with Gasteiger partial charge in [0.2, 0.25) is 0 Å². The van der Waals surface area contributed by atoms with Gasteiger partial charge in [0.1, 0.15) is 0 Å². The third kappa shape index (κ3) is 5.65. The van der Waals surface area contributed by atoms with E-state index in [4.69, 9.17) is 4.18 Å². The molecule has 7 heteroatoms. The summed E-state index contributed by atoms with van der Waals surface area (Å²) in [7, 11) is -3.66. The molecule has 1 aromatic carbocycles. The quantitative estimate of drug-likeness (QED) is 0.442. The molecule has 5 nitrogen and oxygen atoms in total. The maximum atomic E-state index is 12.4. The summed E-state index contributed by atoms with van der Waals surface area (Å²) in [6.07, 6.45) is 4.79. The summed E-state index contributed by atoms with van der Waals surface area (Å²) < 4.78 is 29.4. The molecule has 0 bridgehead atoms. The van der Waals surface area contributed by atoms with Crippen LogP contribution in [-0.2, 0) is 14.3 Å². The van der Waals surface area contributed by atoms with E-state index in [1.54, 1.807) is 24.3 Å². The van der Waals surface area contributed by atoms with Crippen LogP contribution in [0.2, 0.25) is 0 Å². The Hall–Kier alpha value is -1.70. The molecule has 1 aliphatic heterocycles. The fourth-order valence-corrected chi connectivity index (χ4v) is 5.10. The van der Waals surface area contributed by atoms with Gasteiger partial charge in [-0.3, -0.25) is 8.98 Å². The number of thiophene rings is 1. The van der Waals surface area contributed by atoms with Crippen LogP contribution in [0, 0.1) is 12.8 Å². The van der Waals surface area contributed by atoms with Crippen molar-refractivity contribution in [2.24, 2.45) is 5.92 Å². The lowest BCUT2D eigenvalue weighted by atomic mass is 10.0. The number of unbranched alkanes of at least 4 members (excludes halogenated alkanes) is 2. The largest absolute Gasteiger partial charge is 0.338 e. The molecule has 0 spiro atoms. The highest BCUT2D eigenvalue weighted by atomic mass is 32.2. The highest BCUT2D eigenvalue weighted by Gasteiger charge is 2.26. The van der Waals surface area contributed by atoms with Crippen LogP contribution in [0.15, 0.2) is 46.7 Å². The number of hydrogen-bond donors (Lipinski definition) is 0. The molecule has 2 aromatic rings. The van der Waals surface area contributed by atoms with Crippen molar-refractivity contribution >= 4 is 27.4 Å². The molecule has 3 rings (SSSR count). The number of carbonyl (C=O) groups excluding carboxylic acids is 1. The Morgan fingerprint density at radius 1 is 1.18 bits per heavy atom. The summed E-state index contributed by atoms with van der Waals surface area (Å²) in [6.45, 7) is 3.79. The minimum Gasteiger partial charge on any atom is -0.338 e. The molecule has 1 atom stereocenters. The molecule has 28 heavy (non-hydrogen) atoms. The van der Waals surface area contributed by atoms with Crippen LogP contribution in [0.5, 0.6) is 0 Å². The average molecular weight is 422 g/mol. The van der Waals surface area contributed by atoms with E-state index in [-0.39, 0.29) is 17.4 Å². The fraction of sp³-hybridized carbons (Fsp3) is 0.476. The number of likely N-dealkylation sites (tertiary alicyclic amines) is 1. The third-order valence-corrected chi connectivity index (χ3v) is 7.29. The van der Waals surface area contributed by atoms with Gasteiger partial charge >= 0.3 is 0 Å². The van der Waals surface area contributed by atoms with Gasteiger partial charge in [-0.15, -0.1) is 11.3 Å². The summed E-state index contributed by atoms with van der Waals surface area (Å²) in [5.41, 5.74) is 1.02. The number of aryl methyl sites for hydroxylation is 1. The van der Waals surface area contributed by atoms with Crippen molar-refractivity contribution < 1.29 is 17.4 Å². The fourth-order valence-electron chi connectivity index (χ4n) is 3.46. The molecule has 1 fully saturated rings. The highest BCUT2D eigenvalue weighted by molar-refractivity contribution is 7.86. The van der Waals surface area contributed by atoms with Crippen molar-refractivity contribution in [1.29, 1.82) is 0 Å². The second kappa shape index (κ2) is 9.67. The second-order valence-corrected chi connectivity index (χ2v) is 9.88. The zero-order valence-electron chi connectivity index (χ0n) is 16.2. The highest BCUT2D eigenvalue weighted by Crippen LogP contribution is 2.25. The number of benzene rings is 1. The molecule has 1 amide bonds. The van der Waals surface area contributed by atoms with Crippen molar-refractivity contribution in [2.75, 3.05) is 19.7 Å². The van der Waals surface area contributed by atoms with Crippen LogP contribution in [0.1, 0.15) is 47.3 Å². The lowest BCUT2D eigenvalue weighted by Crippen LogP contribution is -2.27. The smallest absolute Gasteiger partial charge is 0.296 e. The molecular weight excluding hydrogens is 394 g/mol. The summed E-state index contributed by atoms with van der Waals surface area (Å²) in [6, 6.07) is 10.5.